The molecule has 0 aromatic carbocycles. The smallest absolute Gasteiger partial charge is 0.319 e. The lowest BCUT2D eigenvalue weighted by molar-refractivity contribution is 0.154. The van der Waals surface area contributed by atoms with Gasteiger partial charge in [-0.2, -0.15) is 0 Å². The quantitative estimate of drug-likeness (QED) is 0.748. The van der Waals surface area contributed by atoms with Gasteiger partial charge in [0.05, 0.1) is 0 Å². The molecule has 98 valence electrons. The largest absolute Gasteiger partial charge is 0.326 e. The first-order chi connectivity index (χ1) is 8.22. The standard InChI is InChI=1S/C13H25N3O/c1-3-15-10-6-7-12(15)11-14(2)13(17)16-8-4-5-9-16/h12H,3-11H2,1-2H3. The van der Waals surface area contributed by atoms with E-state index in [0.717, 1.165) is 26.2 Å². The molecule has 0 aromatic rings. The summed E-state index contributed by atoms with van der Waals surface area (Å²) >= 11 is 0. The van der Waals surface area contributed by atoms with Crippen LogP contribution in [-0.2, 0) is 0 Å². The number of likely N-dealkylation sites (tertiary alicyclic amines) is 2. The Bertz CT molecular complexity index is 263. The van der Waals surface area contributed by atoms with E-state index >= 15 is 0 Å². The molecule has 0 aliphatic carbocycles. The van der Waals surface area contributed by atoms with Crippen molar-refractivity contribution in [2.45, 2.75) is 38.6 Å². The first-order valence-electron chi connectivity index (χ1n) is 6.96. The maximum atomic E-state index is 12.2. The van der Waals surface area contributed by atoms with Crippen molar-refractivity contribution in [3.05, 3.63) is 0 Å². The van der Waals surface area contributed by atoms with E-state index in [9.17, 15) is 4.79 Å². The van der Waals surface area contributed by atoms with Gasteiger partial charge in [0.1, 0.15) is 0 Å². The Hall–Kier alpha value is -0.770. The number of hydrogen-bond donors (Lipinski definition) is 0. The summed E-state index contributed by atoms with van der Waals surface area (Å²) in [5.41, 5.74) is 0. The predicted molar refractivity (Wildman–Crippen MR) is 69.1 cm³/mol. The van der Waals surface area contributed by atoms with Gasteiger partial charge in [-0.15, -0.1) is 0 Å². The molecule has 2 aliphatic heterocycles. The third kappa shape index (κ3) is 2.92. The fraction of sp³-hybridized carbons (Fsp3) is 0.923. The fourth-order valence-corrected chi connectivity index (χ4v) is 3.06. The SMILES string of the molecule is CCN1CCCC1CN(C)C(=O)N1CCCC1. The van der Waals surface area contributed by atoms with Crippen LogP contribution in [0, 0.1) is 0 Å². The summed E-state index contributed by atoms with van der Waals surface area (Å²) in [5, 5.41) is 0. The summed E-state index contributed by atoms with van der Waals surface area (Å²) in [6, 6.07) is 0.807. The number of urea groups is 1. The monoisotopic (exact) mass is 239 g/mol. The predicted octanol–water partition coefficient (Wildman–Crippen LogP) is 1.62. The minimum atomic E-state index is 0.227. The zero-order valence-corrected chi connectivity index (χ0v) is 11.2. The van der Waals surface area contributed by atoms with E-state index in [2.05, 4.69) is 11.8 Å². The minimum absolute atomic E-state index is 0.227. The van der Waals surface area contributed by atoms with Gasteiger partial charge < -0.3 is 9.80 Å². The molecule has 2 heterocycles. The lowest BCUT2D eigenvalue weighted by atomic mass is 10.2. The van der Waals surface area contributed by atoms with E-state index < -0.39 is 0 Å². The molecule has 1 unspecified atom stereocenters. The maximum absolute atomic E-state index is 12.2. The topological polar surface area (TPSA) is 26.8 Å². The van der Waals surface area contributed by atoms with Crippen molar-refractivity contribution in [1.29, 1.82) is 0 Å². The summed E-state index contributed by atoms with van der Waals surface area (Å²) in [6.07, 6.45) is 4.86. The van der Waals surface area contributed by atoms with Gasteiger partial charge in [-0.1, -0.05) is 6.92 Å². The second kappa shape index (κ2) is 5.71. The number of amides is 2. The zero-order valence-electron chi connectivity index (χ0n) is 11.2. The second-order valence-corrected chi connectivity index (χ2v) is 5.28. The van der Waals surface area contributed by atoms with Crippen LogP contribution in [0.1, 0.15) is 32.6 Å². The van der Waals surface area contributed by atoms with E-state index in [-0.39, 0.29) is 6.03 Å². The highest BCUT2D eigenvalue weighted by Gasteiger charge is 2.27. The minimum Gasteiger partial charge on any atom is -0.326 e. The molecule has 4 nitrogen and oxygen atoms in total. The molecule has 0 N–H and O–H groups in total. The summed E-state index contributed by atoms with van der Waals surface area (Å²) in [4.78, 5) is 18.6. The molecule has 2 rings (SSSR count). The second-order valence-electron chi connectivity index (χ2n) is 5.28. The Morgan fingerprint density at radius 2 is 1.94 bits per heavy atom. The van der Waals surface area contributed by atoms with Gasteiger partial charge in [0.25, 0.3) is 0 Å². The van der Waals surface area contributed by atoms with E-state index in [4.69, 9.17) is 0 Å². The Morgan fingerprint density at radius 3 is 2.59 bits per heavy atom. The molecule has 0 radical (unpaired) electrons. The van der Waals surface area contributed by atoms with Gasteiger partial charge in [0, 0.05) is 32.7 Å². The highest BCUT2D eigenvalue weighted by Crippen LogP contribution is 2.18. The first-order valence-corrected chi connectivity index (χ1v) is 6.96. The summed E-state index contributed by atoms with van der Waals surface area (Å²) in [6.45, 7) is 7.31. The van der Waals surface area contributed by atoms with E-state index in [0.29, 0.717) is 6.04 Å². The molecular formula is C13H25N3O. The van der Waals surface area contributed by atoms with Crippen LogP contribution in [0.15, 0.2) is 0 Å². The van der Waals surface area contributed by atoms with Gasteiger partial charge in [0.15, 0.2) is 0 Å². The Kier molecular flexibility index (Phi) is 4.26. The van der Waals surface area contributed by atoms with E-state index in [1.54, 1.807) is 0 Å². The molecule has 1 atom stereocenters. The van der Waals surface area contributed by atoms with Crippen LogP contribution in [0.2, 0.25) is 0 Å². The third-order valence-electron chi connectivity index (χ3n) is 4.09. The normalized spacial score (nSPS) is 25.5. The molecule has 0 saturated carbocycles. The third-order valence-corrected chi connectivity index (χ3v) is 4.09. The molecule has 17 heavy (non-hydrogen) atoms. The molecule has 2 aliphatic rings. The molecule has 0 bridgehead atoms. The van der Waals surface area contributed by atoms with Gasteiger partial charge >= 0.3 is 6.03 Å². The average molecular weight is 239 g/mol. The number of rotatable bonds is 3. The van der Waals surface area contributed by atoms with Crippen LogP contribution in [-0.4, -0.2) is 66.5 Å². The van der Waals surface area contributed by atoms with E-state index in [1.165, 1.54) is 32.2 Å². The molecule has 2 amide bonds. The average Bonchev–Trinajstić information content (AvgIpc) is 2.98. The molecular weight excluding hydrogens is 214 g/mol. The van der Waals surface area contributed by atoms with Crippen LogP contribution in [0.4, 0.5) is 4.79 Å². The lowest BCUT2D eigenvalue weighted by Gasteiger charge is -2.30. The summed E-state index contributed by atoms with van der Waals surface area (Å²) in [5.74, 6) is 0. The van der Waals surface area contributed by atoms with Crippen molar-refractivity contribution < 1.29 is 4.79 Å². The molecule has 2 fully saturated rings. The Balaban J connectivity index is 1.83. The maximum Gasteiger partial charge on any atom is 0.319 e. The van der Waals surface area contributed by atoms with Gasteiger partial charge in [-0.25, -0.2) is 4.79 Å². The first kappa shape index (κ1) is 12.7. The van der Waals surface area contributed by atoms with Crippen molar-refractivity contribution in [3.8, 4) is 0 Å². The number of carbonyl (C=O) groups excluding carboxylic acids is 1. The molecule has 4 heteroatoms. The lowest BCUT2D eigenvalue weighted by Crippen LogP contribution is -2.45. The van der Waals surface area contributed by atoms with Gasteiger partial charge in [0.2, 0.25) is 0 Å². The number of nitrogens with zero attached hydrogens (tertiary/aromatic N) is 3. The van der Waals surface area contributed by atoms with Crippen molar-refractivity contribution in [3.63, 3.8) is 0 Å². The fourth-order valence-electron chi connectivity index (χ4n) is 3.06. The van der Waals surface area contributed by atoms with Crippen LogP contribution in [0.5, 0.6) is 0 Å². The van der Waals surface area contributed by atoms with Crippen LogP contribution >= 0.6 is 0 Å². The Labute approximate surface area is 105 Å². The van der Waals surface area contributed by atoms with Crippen molar-refractivity contribution in [1.82, 2.24) is 14.7 Å². The molecule has 0 aromatic heterocycles. The Morgan fingerprint density at radius 1 is 1.24 bits per heavy atom. The molecule has 2 saturated heterocycles. The van der Waals surface area contributed by atoms with E-state index in [1.807, 2.05) is 16.8 Å². The summed E-state index contributed by atoms with van der Waals surface area (Å²) in [7, 11) is 1.95. The number of hydrogen-bond acceptors (Lipinski definition) is 2. The number of likely N-dealkylation sites (N-methyl/N-ethyl adjacent to an activating group) is 2. The summed E-state index contributed by atoms with van der Waals surface area (Å²) < 4.78 is 0. The van der Waals surface area contributed by atoms with Crippen LogP contribution in [0.3, 0.4) is 0 Å². The van der Waals surface area contributed by atoms with Crippen LogP contribution < -0.4 is 0 Å². The van der Waals surface area contributed by atoms with Gasteiger partial charge in [-0.05, 0) is 38.8 Å². The van der Waals surface area contributed by atoms with Crippen molar-refractivity contribution >= 4 is 6.03 Å². The molecule has 0 spiro atoms. The van der Waals surface area contributed by atoms with Crippen molar-refractivity contribution in [2.24, 2.45) is 0 Å². The van der Waals surface area contributed by atoms with Crippen LogP contribution in [0.25, 0.3) is 0 Å². The van der Waals surface area contributed by atoms with Crippen molar-refractivity contribution in [2.75, 3.05) is 39.8 Å². The highest BCUT2D eigenvalue weighted by molar-refractivity contribution is 5.74. The zero-order chi connectivity index (χ0) is 12.3. The number of carbonyl (C=O) groups is 1. The van der Waals surface area contributed by atoms with Gasteiger partial charge in [-0.3, -0.25) is 4.90 Å². The highest BCUT2D eigenvalue weighted by atomic mass is 16.2.